The molecule has 12 heteroatoms. The van der Waals surface area contributed by atoms with Gasteiger partial charge in [0.2, 0.25) is 11.7 Å². The van der Waals surface area contributed by atoms with Gasteiger partial charge in [-0.15, -0.1) is 0 Å². The number of Topliss-reactive ketones (excluding diaryl/α,β-unsaturated/α-hetero) is 2. The molecule has 32 heavy (non-hydrogen) atoms. The van der Waals surface area contributed by atoms with Crippen LogP contribution in [0.3, 0.4) is 0 Å². The van der Waals surface area contributed by atoms with Crippen LogP contribution >= 0.6 is 11.8 Å². The van der Waals surface area contributed by atoms with Crippen LogP contribution in [0.15, 0.2) is 0 Å². The van der Waals surface area contributed by atoms with E-state index in [4.69, 9.17) is 9.47 Å². The summed E-state index contributed by atoms with van der Waals surface area (Å²) in [6.07, 6.45) is -2.34. The van der Waals surface area contributed by atoms with E-state index in [-0.39, 0.29) is 62.2 Å². The number of carbonyl (C=O) groups is 7. The van der Waals surface area contributed by atoms with Gasteiger partial charge < -0.3 is 20.1 Å². The van der Waals surface area contributed by atoms with E-state index in [1.54, 1.807) is 0 Å². The number of ketones is 2. The maximum atomic E-state index is 12.6. The third kappa shape index (κ3) is 10.0. The normalized spacial score (nSPS) is 22.3. The molecule has 11 nitrogen and oxygen atoms in total. The number of thioether (sulfide) groups is 1. The Labute approximate surface area is 189 Å². The minimum absolute atomic E-state index is 0.0742. The fraction of sp³-hybridized carbons (Fsp3) is 0.650. The lowest BCUT2D eigenvalue weighted by molar-refractivity contribution is -0.171. The molecule has 1 atom stereocenters. The van der Waals surface area contributed by atoms with Crippen LogP contribution in [0.1, 0.15) is 46.5 Å². The van der Waals surface area contributed by atoms with Gasteiger partial charge in [0.1, 0.15) is 12.4 Å². The summed E-state index contributed by atoms with van der Waals surface area (Å²) in [5.41, 5.74) is -1.23. The lowest BCUT2D eigenvalue weighted by Crippen LogP contribution is -2.50. The summed E-state index contributed by atoms with van der Waals surface area (Å²) in [6, 6.07) is 0. The Morgan fingerprint density at radius 1 is 1.03 bits per heavy atom. The number of hydrogen-bond donors (Lipinski definition) is 2. The lowest BCUT2D eigenvalue weighted by atomic mass is 9.86. The molecule has 0 bridgehead atoms. The first-order valence-corrected chi connectivity index (χ1v) is 11.0. The van der Waals surface area contributed by atoms with E-state index in [0.717, 1.165) is 18.7 Å². The molecule has 1 aliphatic heterocycles. The van der Waals surface area contributed by atoms with Gasteiger partial charge in [0.15, 0.2) is 11.2 Å². The summed E-state index contributed by atoms with van der Waals surface area (Å²) >= 11 is 0.902. The van der Waals surface area contributed by atoms with E-state index in [9.17, 15) is 33.6 Å². The maximum Gasteiger partial charge on any atom is 0.375 e. The van der Waals surface area contributed by atoms with E-state index in [1.807, 2.05) is 0 Å². The average molecular weight is 473 g/mol. The quantitative estimate of drug-likeness (QED) is 0.310. The van der Waals surface area contributed by atoms with E-state index in [2.05, 4.69) is 10.6 Å². The number of ether oxygens (including phenoxy) is 2. The monoisotopic (exact) mass is 472 g/mol. The van der Waals surface area contributed by atoms with E-state index in [1.165, 1.54) is 13.8 Å². The van der Waals surface area contributed by atoms with E-state index in [0.29, 0.717) is 0 Å². The molecule has 0 saturated carbocycles. The second-order valence-corrected chi connectivity index (χ2v) is 8.97. The molecule has 0 radical (unpaired) electrons. The first kappa shape index (κ1) is 27.3. The molecule has 1 aliphatic rings. The van der Waals surface area contributed by atoms with Gasteiger partial charge >= 0.3 is 11.9 Å². The molecule has 0 aromatic heterocycles. The zero-order valence-electron chi connectivity index (χ0n) is 18.3. The second kappa shape index (κ2) is 12.9. The maximum absolute atomic E-state index is 12.6. The van der Waals surface area contributed by atoms with Gasteiger partial charge in [-0.2, -0.15) is 0 Å². The van der Waals surface area contributed by atoms with Crippen LogP contribution in [0.4, 0.5) is 0 Å². The van der Waals surface area contributed by atoms with Crippen molar-refractivity contribution in [3.8, 4) is 0 Å². The molecular formula is C20H28N2O9S. The summed E-state index contributed by atoms with van der Waals surface area (Å²) in [5, 5.41) is 4.69. The Kier molecular flexibility index (Phi) is 11.0. The summed E-state index contributed by atoms with van der Waals surface area (Å²) in [6.45, 7) is 3.74. The average Bonchev–Trinajstić information content (AvgIpc) is 2.71. The predicted molar refractivity (Wildman–Crippen MR) is 112 cm³/mol. The van der Waals surface area contributed by atoms with Gasteiger partial charge in [-0.1, -0.05) is 25.6 Å². The molecule has 178 valence electrons. The summed E-state index contributed by atoms with van der Waals surface area (Å²) in [4.78, 5) is 83.3. The van der Waals surface area contributed by atoms with Crippen LogP contribution in [0.5, 0.6) is 0 Å². The number of amides is 2. The van der Waals surface area contributed by atoms with Gasteiger partial charge in [0.25, 0.3) is 5.91 Å². The molecule has 0 aromatic rings. The number of carbonyl (C=O) groups excluding carboxylic acids is 7. The van der Waals surface area contributed by atoms with E-state index < -0.39 is 40.9 Å². The zero-order chi connectivity index (χ0) is 24.3. The number of rotatable bonds is 2. The lowest BCUT2D eigenvalue weighted by Gasteiger charge is -2.32. The molecule has 0 aromatic carbocycles. The van der Waals surface area contributed by atoms with Crippen LogP contribution in [0.25, 0.3) is 0 Å². The smallest absolute Gasteiger partial charge is 0.375 e. The molecule has 1 rings (SSSR count). The molecular weight excluding hydrogens is 444 g/mol. The van der Waals surface area contributed by atoms with Crippen LogP contribution in [-0.4, -0.2) is 72.0 Å². The Morgan fingerprint density at radius 3 is 2.38 bits per heavy atom. The highest BCUT2D eigenvalue weighted by Crippen LogP contribution is 2.25. The standard InChI is InChI=1S/C20H28N2O9S/c1-12(23)19(29)31-17-18(28)22-7-6-14(25)21-8-9-32-16(27)10-13(24)4-5-15(26)30-11-20(17,2)3/h17H,4-11H2,1-3H3,(H,21,25)(H,22,28)/t17-/m0/s1. The van der Waals surface area contributed by atoms with Crippen molar-refractivity contribution in [3.63, 3.8) is 0 Å². The van der Waals surface area contributed by atoms with Crippen molar-refractivity contribution in [1.82, 2.24) is 10.6 Å². The summed E-state index contributed by atoms with van der Waals surface area (Å²) in [5.74, 6) is -4.16. The Bertz CT molecular complexity index is 779. The van der Waals surface area contributed by atoms with Crippen molar-refractivity contribution in [1.29, 1.82) is 0 Å². The first-order chi connectivity index (χ1) is 14.9. The zero-order valence-corrected chi connectivity index (χ0v) is 19.1. The van der Waals surface area contributed by atoms with Gasteiger partial charge in [-0.05, 0) is 0 Å². The van der Waals surface area contributed by atoms with Crippen molar-refractivity contribution >= 4 is 52.2 Å². The number of hydrogen-bond acceptors (Lipinski definition) is 10. The molecule has 1 heterocycles. The number of esters is 2. The highest BCUT2D eigenvalue weighted by atomic mass is 32.2. The molecule has 0 unspecified atom stereocenters. The highest BCUT2D eigenvalue weighted by Gasteiger charge is 2.40. The Balaban J connectivity index is 2.96. The second-order valence-electron chi connectivity index (χ2n) is 7.82. The molecule has 1 fully saturated rings. The van der Waals surface area contributed by atoms with Crippen molar-refractivity contribution in [3.05, 3.63) is 0 Å². The third-order valence-corrected chi connectivity index (χ3v) is 5.23. The fourth-order valence-corrected chi connectivity index (χ4v) is 3.24. The molecule has 0 spiro atoms. The SMILES string of the molecule is CC(=O)C(=O)O[C@H]1C(=O)NCCC(=O)NCCSC(=O)CC(=O)CCC(=O)OCC1(C)C. The van der Waals surface area contributed by atoms with Crippen molar-refractivity contribution in [2.45, 2.75) is 52.6 Å². The topological polar surface area (TPSA) is 162 Å². The number of nitrogens with one attached hydrogen (secondary N) is 2. The first-order valence-electron chi connectivity index (χ1n) is 10.0. The minimum atomic E-state index is -1.48. The van der Waals surface area contributed by atoms with Gasteiger partial charge in [0.05, 0.1) is 12.8 Å². The van der Waals surface area contributed by atoms with E-state index >= 15 is 0 Å². The van der Waals surface area contributed by atoms with Crippen molar-refractivity contribution in [2.75, 3.05) is 25.4 Å². The minimum Gasteiger partial charge on any atom is -0.465 e. The molecule has 2 amide bonds. The van der Waals surface area contributed by atoms with Gasteiger partial charge in [-0.25, -0.2) is 4.79 Å². The summed E-state index contributed by atoms with van der Waals surface area (Å²) < 4.78 is 10.2. The highest BCUT2D eigenvalue weighted by molar-refractivity contribution is 8.13. The summed E-state index contributed by atoms with van der Waals surface area (Å²) in [7, 11) is 0. The Hall–Kier alpha value is -2.76. The Morgan fingerprint density at radius 2 is 1.72 bits per heavy atom. The van der Waals surface area contributed by atoms with Crippen LogP contribution in [-0.2, 0) is 43.0 Å². The predicted octanol–water partition coefficient (Wildman–Crippen LogP) is -0.308. The molecule has 0 aliphatic carbocycles. The molecule has 2 N–H and O–H groups in total. The van der Waals surface area contributed by atoms with Gasteiger partial charge in [0, 0.05) is 44.0 Å². The van der Waals surface area contributed by atoms with Gasteiger partial charge in [-0.3, -0.25) is 28.8 Å². The van der Waals surface area contributed by atoms with Crippen LogP contribution in [0.2, 0.25) is 0 Å². The van der Waals surface area contributed by atoms with Crippen LogP contribution in [0, 0.1) is 5.41 Å². The van der Waals surface area contributed by atoms with Crippen molar-refractivity contribution in [2.24, 2.45) is 5.41 Å². The van der Waals surface area contributed by atoms with Crippen molar-refractivity contribution < 1.29 is 43.0 Å². The van der Waals surface area contributed by atoms with Crippen LogP contribution < -0.4 is 10.6 Å². The number of cyclic esters (lactones) is 1. The third-order valence-electron chi connectivity index (χ3n) is 4.35. The molecule has 1 saturated heterocycles. The largest absolute Gasteiger partial charge is 0.465 e. The fourth-order valence-electron chi connectivity index (χ4n) is 2.55.